The van der Waals surface area contributed by atoms with Crippen LogP contribution in [0.5, 0.6) is 0 Å². The summed E-state index contributed by atoms with van der Waals surface area (Å²) in [5, 5.41) is 8.87. The molecule has 0 fully saturated rings. The lowest BCUT2D eigenvalue weighted by Gasteiger charge is -1.92. The highest BCUT2D eigenvalue weighted by Crippen LogP contribution is 2.10. The topological polar surface area (TPSA) is 38.7 Å². The van der Waals surface area contributed by atoms with Gasteiger partial charge in [0, 0.05) is 5.39 Å². The normalized spacial score (nSPS) is 10.3. The fraction of sp³-hybridized carbons (Fsp3) is 0. The molecular formula is C7H4ClN3. The molecule has 0 radical (unpaired) electrons. The second-order valence-corrected chi connectivity index (χ2v) is 2.47. The summed E-state index contributed by atoms with van der Waals surface area (Å²) in [6.45, 7) is 0. The van der Waals surface area contributed by atoms with Crippen LogP contribution in [0.25, 0.3) is 11.0 Å². The maximum absolute atomic E-state index is 5.64. The molecule has 0 saturated carbocycles. The summed E-state index contributed by atoms with van der Waals surface area (Å²) in [7, 11) is 0. The van der Waals surface area contributed by atoms with Gasteiger partial charge in [-0.1, -0.05) is 11.6 Å². The highest BCUT2D eigenvalue weighted by atomic mass is 35.5. The average molecular weight is 166 g/mol. The van der Waals surface area contributed by atoms with E-state index in [1.807, 2.05) is 12.1 Å². The van der Waals surface area contributed by atoms with E-state index in [4.69, 9.17) is 11.6 Å². The summed E-state index contributed by atoms with van der Waals surface area (Å²) in [4.78, 5) is 3.97. The number of aromatic nitrogens is 3. The second-order valence-electron chi connectivity index (χ2n) is 2.08. The molecule has 2 rings (SSSR count). The van der Waals surface area contributed by atoms with Crippen molar-refractivity contribution in [1.82, 2.24) is 15.2 Å². The molecule has 0 N–H and O–H groups in total. The number of fused-ring (bicyclic) bond motifs is 1. The Kier molecular flexibility index (Phi) is 1.43. The van der Waals surface area contributed by atoms with Crippen molar-refractivity contribution in [3.63, 3.8) is 0 Å². The van der Waals surface area contributed by atoms with Gasteiger partial charge in [-0.2, -0.15) is 5.10 Å². The van der Waals surface area contributed by atoms with Crippen LogP contribution < -0.4 is 0 Å². The minimum absolute atomic E-state index is 0.443. The average Bonchev–Trinajstić information content (AvgIpc) is 2.04. The quantitative estimate of drug-likeness (QED) is 0.558. The Labute approximate surface area is 68.0 Å². The molecule has 0 saturated heterocycles. The number of hydrogen-bond acceptors (Lipinski definition) is 3. The van der Waals surface area contributed by atoms with E-state index < -0.39 is 0 Å². The van der Waals surface area contributed by atoms with Crippen LogP contribution in [0.15, 0.2) is 24.4 Å². The van der Waals surface area contributed by atoms with Crippen LogP contribution in [0.1, 0.15) is 0 Å². The lowest BCUT2D eigenvalue weighted by atomic mass is 10.3. The molecule has 4 heteroatoms. The number of nitrogens with zero attached hydrogens (tertiary/aromatic N) is 3. The smallest absolute Gasteiger partial charge is 0.183 e. The number of rotatable bonds is 0. The molecule has 0 atom stereocenters. The molecule has 0 bridgehead atoms. The van der Waals surface area contributed by atoms with E-state index in [1.54, 1.807) is 12.3 Å². The summed E-state index contributed by atoms with van der Waals surface area (Å²) in [5.41, 5.74) is 0.583. The van der Waals surface area contributed by atoms with Gasteiger partial charge in [-0.25, -0.2) is 4.98 Å². The van der Waals surface area contributed by atoms with Crippen LogP contribution in [0.2, 0.25) is 5.15 Å². The summed E-state index contributed by atoms with van der Waals surface area (Å²) in [6, 6.07) is 5.43. The van der Waals surface area contributed by atoms with Crippen molar-refractivity contribution in [3.8, 4) is 0 Å². The number of pyridine rings is 1. The van der Waals surface area contributed by atoms with Crippen LogP contribution in [0, 0.1) is 0 Å². The Morgan fingerprint density at radius 3 is 3.00 bits per heavy atom. The van der Waals surface area contributed by atoms with Crippen LogP contribution in [-0.4, -0.2) is 15.2 Å². The summed E-state index contributed by atoms with van der Waals surface area (Å²) in [6.07, 6.45) is 1.62. The summed E-state index contributed by atoms with van der Waals surface area (Å²) in [5.74, 6) is 0. The lowest BCUT2D eigenvalue weighted by molar-refractivity contribution is 1.05. The molecule has 0 aliphatic rings. The third-order valence-corrected chi connectivity index (χ3v) is 1.56. The molecule has 0 aliphatic carbocycles. The number of hydrogen-bond donors (Lipinski definition) is 0. The fourth-order valence-electron chi connectivity index (χ4n) is 0.848. The van der Waals surface area contributed by atoms with Crippen molar-refractivity contribution in [3.05, 3.63) is 29.5 Å². The maximum Gasteiger partial charge on any atom is 0.183 e. The Bertz CT molecular complexity index is 388. The fourth-order valence-corrected chi connectivity index (χ4v) is 0.991. The SMILES string of the molecule is Clc1ccc2ccnnc2n1. The van der Waals surface area contributed by atoms with Crippen LogP contribution >= 0.6 is 11.6 Å². The lowest BCUT2D eigenvalue weighted by Crippen LogP contribution is -1.85. The van der Waals surface area contributed by atoms with Crippen molar-refractivity contribution in [1.29, 1.82) is 0 Å². The first-order valence-electron chi connectivity index (χ1n) is 3.10. The van der Waals surface area contributed by atoms with Crippen LogP contribution in [-0.2, 0) is 0 Å². The standard InChI is InChI=1S/C7H4ClN3/c8-6-2-1-5-3-4-9-11-7(5)10-6/h1-4H. The molecule has 0 aromatic carbocycles. The van der Waals surface area contributed by atoms with Gasteiger partial charge in [-0.05, 0) is 18.2 Å². The van der Waals surface area contributed by atoms with Gasteiger partial charge in [-0.15, -0.1) is 5.10 Å². The minimum atomic E-state index is 0.443. The highest BCUT2D eigenvalue weighted by molar-refractivity contribution is 6.29. The second kappa shape index (κ2) is 2.43. The molecule has 0 unspecified atom stereocenters. The van der Waals surface area contributed by atoms with Gasteiger partial charge in [0.15, 0.2) is 5.65 Å². The first-order chi connectivity index (χ1) is 5.36. The molecule has 11 heavy (non-hydrogen) atoms. The molecule has 54 valence electrons. The predicted molar refractivity (Wildman–Crippen MR) is 42.3 cm³/mol. The summed E-state index contributed by atoms with van der Waals surface area (Å²) >= 11 is 5.64. The van der Waals surface area contributed by atoms with Crippen molar-refractivity contribution < 1.29 is 0 Å². The Morgan fingerprint density at radius 2 is 2.09 bits per heavy atom. The van der Waals surface area contributed by atoms with Gasteiger partial charge >= 0.3 is 0 Å². The zero-order valence-electron chi connectivity index (χ0n) is 5.53. The third-order valence-electron chi connectivity index (χ3n) is 1.34. The van der Waals surface area contributed by atoms with E-state index in [0.717, 1.165) is 5.39 Å². The maximum atomic E-state index is 5.64. The van der Waals surface area contributed by atoms with Gasteiger partial charge in [-0.3, -0.25) is 0 Å². The molecule has 2 heterocycles. The first-order valence-corrected chi connectivity index (χ1v) is 3.48. The van der Waals surface area contributed by atoms with Crippen molar-refractivity contribution in [2.45, 2.75) is 0 Å². The van der Waals surface area contributed by atoms with Gasteiger partial charge in [0.1, 0.15) is 5.15 Å². The zero-order valence-corrected chi connectivity index (χ0v) is 6.28. The number of halogens is 1. The van der Waals surface area contributed by atoms with Crippen molar-refractivity contribution in [2.75, 3.05) is 0 Å². The van der Waals surface area contributed by atoms with E-state index in [1.165, 1.54) is 0 Å². The zero-order chi connectivity index (χ0) is 7.68. The van der Waals surface area contributed by atoms with E-state index in [0.29, 0.717) is 10.8 Å². The highest BCUT2D eigenvalue weighted by Gasteiger charge is 1.94. The van der Waals surface area contributed by atoms with Crippen LogP contribution in [0.3, 0.4) is 0 Å². The molecule has 0 aliphatic heterocycles. The Balaban J connectivity index is 2.83. The predicted octanol–water partition coefficient (Wildman–Crippen LogP) is 1.68. The largest absolute Gasteiger partial charge is 0.215 e. The molecule has 0 amide bonds. The van der Waals surface area contributed by atoms with E-state index >= 15 is 0 Å². The first kappa shape index (κ1) is 6.49. The van der Waals surface area contributed by atoms with E-state index in [-0.39, 0.29) is 0 Å². The molecular weight excluding hydrogens is 162 g/mol. The van der Waals surface area contributed by atoms with Gasteiger partial charge in [0.05, 0.1) is 6.20 Å². The van der Waals surface area contributed by atoms with Crippen LogP contribution in [0.4, 0.5) is 0 Å². The molecule has 2 aromatic rings. The summed E-state index contributed by atoms with van der Waals surface area (Å²) < 4.78 is 0. The van der Waals surface area contributed by atoms with Gasteiger partial charge < -0.3 is 0 Å². The molecule has 3 nitrogen and oxygen atoms in total. The van der Waals surface area contributed by atoms with Crippen molar-refractivity contribution >= 4 is 22.6 Å². The molecule has 0 spiro atoms. The Morgan fingerprint density at radius 1 is 1.18 bits per heavy atom. The van der Waals surface area contributed by atoms with Gasteiger partial charge in [0.2, 0.25) is 0 Å². The third kappa shape index (κ3) is 1.14. The van der Waals surface area contributed by atoms with Crippen molar-refractivity contribution in [2.24, 2.45) is 0 Å². The monoisotopic (exact) mass is 165 g/mol. The van der Waals surface area contributed by atoms with Gasteiger partial charge in [0.25, 0.3) is 0 Å². The minimum Gasteiger partial charge on any atom is -0.215 e. The Hall–Kier alpha value is -1.22. The molecule has 2 aromatic heterocycles. The van der Waals surface area contributed by atoms with E-state index in [9.17, 15) is 0 Å². The van der Waals surface area contributed by atoms with E-state index in [2.05, 4.69) is 15.2 Å².